The summed E-state index contributed by atoms with van der Waals surface area (Å²) in [6.45, 7) is 6.64. The van der Waals surface area contributed by atoms with Crippen LogP contribution in [0.5, 0.6) is 0 Å². The Morgan fingerprint density at radius 1 is 0.720 bits per heavy atom. The quantitative estimate of drug-likeness (QED) is 0.294. The zero-order chi connectivity index (χ0) is 17.1. The van der Waals surface area contributed by atoms with E-state index < -0.39 is 0 Å². The zero-order valence-corrected chi connectivity index (χ0v) is 14.8. The number of aryl methyl sites for hydroxylation is 1. The largest absolute Gasteiger partial charge is 0.456 e. The van der Waals surface area contributed by atoms with Gasteiger partial charge in [0.2, 0.25) is 0 Å². The van der Waals surface area contributed by atoms with Crippen LogP contribution in [0.3, 0.4) is 0 Å². The fourth-order valence-corrected chi connectivity index (χ4v) is 4.18. The van der Waals surface area contributed by atoms with E-state index in [-0.39, 0.29) is 0 Å². The first-order chi connectivity index (χ1) is 12.1. The molecule has 0 radical (unpaired) electrons. The zero-order valence-electron chi connectivity index (χ0n) is 14.8. The molecule has 1 heteroatoms. The van der Waals surface area contributed by atoms with E-state index in [2.05, 4.69) is 81.4 Å². The van der Waals surface area contributed by atoms with E-state index in [4.69, 9.17) is 4.42 Å². The van der Waals surface area contributed by atoms with Crippen LogP contribution in [0.4, 0.5) is 0 Å². The molecular formula is C24H20O. The maximum atomic E-state index is 6.38. The van der Waals surface area contributed by atoms with Crippen molar-refractivity contribution in [2.45, 2.75) is 26.7 Å². The topological polar surface area (TPSA) is 13.1 Å². The Kier molecular flexibility index (Phi) is 2.96. The highest BCUT2D eigenvalue weighted by atomic mass is 16.3. The molecule has 1 nitrogen and oxygen atoms in total. The van der Waals surface area contributed by atoms with Crippen LogP contribution in [0.15, 0.2) is 65.1 Å². The van der Waals surface area contributed by atoms with E-state index in [0.717, 1.165) is 11.2 Å². The van der Waals surface area contributed by atoms with Gasteiger partial charge in [0.05, 0.1) is 0 Å². The number of furan rings is 1. The molecule has 1 heterocycles. The number of benzene rings is 4. The van der Waals surface area contributed by atoms with Crippen LogP contribution >= 0.6 is 0 Å². The summed E-state index contributed by atoms with van der Waals surface area (Å²) in [6.07, 6.45) is 0. The average molecular weight is 324 g/mol. The van der Waals surface area contributed by atoms with E-state index in [1.54, 1.807) is 0 Å². The second-order valence-corrected chi connectivity index (χ2v) is 7.29. The fraction of sp³-hybridized carbons (Fsp3) is 0.167. The van der Waals surface area contributed by atoms with Crippen molar-refractivity contribution >= 4 is 43.5 Å². The van der Waals surface area contributed by atoms with Gasteiger partial charge in [0, 0.05) is 16.3 Å². The first-order valence-corrected chi connectivity index (χ1v) is 8.91. The molecule has 0 spiro atoms. The second kappa shape index (κ2) is 5.10. The van der Waals surface area contributed by atoms with Crippen molar-refractivity contribution in [1.82, 2.24) is 0 Å². The summed E-state index contributed by atoms with van der Waals surface area (Å²) >= 11 is 0. The number of rotatable bonds is 1. The van der Waals surface area contributed by atoms with Gasteiger partial charge in [-0.3, -0.25) is 0 Å². The minimum absolute atomic E-state index is 0.444. The van der Waals surface area contributed by atoms with E-state index >= 15 is 0 Å². The summed E-state index contributed by atoms with van der Waals surface area (Å²) in [6, 6.07) is 21.9. The Morgan fingerprint density at radius 2 is 1.52 bits per heavy atom. The van der Waals surface area contributed by atoms with Crippen molar-refractivity contribution in [2.24, 2.45) is 0 Å². The summed E-state index contributed by atoms with van der Waals surface area (Å²) < 4.78 is 6.38. The third kappa shape index (κ3) is 2.02. The maximum Gasteiger partial charge on any atom is 0.139 e. The SMILES string of the molecule is Cc1ccc2c(oc3cc4c(ccc5ccccc54)cc32)c1C(C)C. The Balaban J connectivity index is 1.96. The second-order valence-electron chi connectivity index (χ2n) is 7.29. The lowest BCUT2D eigenvalue weighted by atomic mass is 9.95. The molecule has 5 rings (SSSR count). The number of hydrogen-bond acceptors (Lipinski definition) is 1. The minimum atomic E-state index is 0.444. The van der Waals surface area contributed by atoms with Crippen LogP contribution in [0, 0.1) is 6.92 Å². The number of hydrogen-bond donors (Lipinski definition) is 0. The predicted molar refractivity (Wildman–Crippen MR) is 108 cm³/mol. The minimum Gasteiger partial charge on any atom is -0.456 e. The third-order valence-corrected chi connectivity index (χ3v) is 5.34. The monoisotopic (exact) mass is 324 g/mol. The van der Waals surface area contributed by atoms with Gasteiger partial charge in [-0.25, -0.2) is 0 Å². The van der Waals surface area contributed by atoms with Crippen LogP contribution in [0.2, 0.25) is 0 Å². The molecule has 0 aliphatic heterocycles. The summed E-state index contributed by atoms with van der Waals surface area (Å²) in [5, 5.41) is 7.50. The van der Waals surface area contributed by atoms with Crippen LogP contribution in [-0.4, -0.2) is 0 Å². The molecular weight excluding hydrogens is 304 g/mol. The molecule has 25 heavy (non-hydrogen) atoms. The maximum absolute atomic E-state index is 6.38. The van der Waals surface area contributed by atoms with Crippen molar-refractivity contribution < 1.29 is 4.42 Å². The summed E-state index contributed by atoms with van der Waals surface area (Å²) in [4.78, 5) is 0. The highest BCUT2D eigenvalue weighted by molar-refractivity contribution is 6.16. The molecule has 0 atom stereocenters. The van der Waals surface area contributed by atoms with Crippen molar-refractivity contribution in [3.63, 3.8) is 0 Å². The first kappa shape index (κ1) is 14.5. The molecule has 0 saturated heterocycles. The van der Waals surface area contributed by atoms with Gasteiger partial charge >= 0.3 is 0 Å². The molecule has 122 valence electrons. The lowest BCUT2D eigenvalue weighted by Gasteiger charge is -2.09. The van der Waals surface area contributed by atoms with Crippen LogP contribution in [0.25, 0.3) is 43.5 Å². The molecule has 0 aliphatic carbocycles. The van der Waals surface area contributed by atoms with Crippen molar-refractivity contribution in [3.8, 4) is 0 Å². The van der Waals surface area contributed by atoms with Crippen LogP contribution < -0.4 is 0 Å². The van der Waals surface area contributed by atoms with Gasteiger partial charge in [-0.2, -0.15) is 0 Å². The smallest absolute Gasteiger partial charge is 0.139 e. The van der Waals surface area contributed by atoms with Gasteiger partial charge in [0.15, 0.2) is 0 Å². The normalized spacial score (nSPS) is 12.2. The lowest BCUT2D eigenvalue weighted by molar-refractivity contribution is 0.656. The van der Waals surface area contributed by atoms with Gasteiger partial charge in [0.1, 0.15) is 11.2 Å². The standard InChI is InChI=1S/C24H20O/c1-14(2)23-15(3)8-11-19-21-12-17-10-9-16-6-4-5-7-18(16)20(17)13-22(21)25-24(19)23/h4-14H,1-3H3. The van der Waals surface area contributed by atoms with Gasteiger partial charge in [0.25, 0.3) is 0 Å². The molecule has 0 N–H and O–H groups in total. The molecule has 0 saturated carbocycles. The Hall–Kier alpha value is -2.80. The predicted octanol–water partition coefficient (Wildman–Crippen LogP) is 7.32. The van der Waals surface area contributed by atoms with Gasteiger partial charge in [-0.1, -0.05) is 62.4 Å². The fourth-order valence-electron chi connectivity index (χ4n) is 4.18. The molecule has 4 aromatic carbocycles. The van der Waals surface area contributed by atoms with Crippen LogP contribution in [-0.2, 0) is 0 Å². The van der Waals surface area contributed by atoms with E-state index in [1.807, 2.05) is 0 Å². The van der Waals surface area contributed by atoms with Gasteiger partial charge in [-0.05, 0) is 52.1 Å². The number of fused-ring (bicyclic) bond motifs is 6. The van der Waals surface area contributed by atoms with Crippen LogP contribution in [0.1, 0.15) is 30.9 Å². The van der Waals surface area contributed by atoms with Crippen molar-refractivity contribution in [1.29, 1.82) is 0 Å². The molecule has 1 aromatic heterocycles. The molecule has 0 unspecified atom stereocenters. The summed E-state index contributed by atoms with van der Waals surface area (Å²) in [5.41, 5.74) is 4.65. The molecule has 0 bridgehead atoms. The molecule has 0 fully saturated rings. The van der Waals surface area contributed by atoms with Gasteiger partial charge in [-0.15, -0.1) is 0 Å². The third-order valence-electron chi connectivity index (χ3n) is 5.34. The Morgan fingerprint density at radius 3 is 2.36 bits per heavy atom. The Bertz CT molecular complexity index is 1270. The van der Waals surface area contributed by atoms with E-state index in [1.165, 1.54) is 43.4 Å². The van der Waals surface area contributed by atoms with E-state index in [9.17, 15) is 0 Å². The summed E-state index contributed by atoms with van der Waals surface area (Å²) in [5.74, 6) is 0.444. The molecule has 5 aromatic rings. The van der Waals surface area contributed by atoms with Gasteiger partial charge < -0.3 is 4.42 Å². The molecule has 0 aliphatic rings. The van der Waals surface area contributed by atoms with E-state index in [0.29, 0.717) is 5.92 Å². The van der Waals surface area contributed by atoms with Crippen molar-refractivity contribution in [3.05, 3.63) is 71.8 Å². The molecule has 0 amide bonds. The van der Waals surface area contributed by atoms with Crippen molar-refractivity contribution in [2.75, 3.05) is 0 Å². The average Bonchev–Trinajstić information content (AvgIpc) is 2.96. The Labute approximate surface area is 146 Å². The summed E-state index contributed by atoms with van der Waals surface area (Å²) in [7, 11) is 0. The highest BCUT2D eigenvalue weighted by Gasteiger charge is 2.16. The first-order valence-electron chi connectivity index (χ1n) is 8.91. The lowest BCUT2D eigenvalue weighted by Crippen LogP contribution is -1.92. The highest BCUT2D eigenvalue weighted by Crippen LogP contribution is 2.38.